The number of aromatic amines is 1. The van der Waals surface area contributed by atoms with Crippen LogP contribution in [0.2, 0.25) is 0 Å². The molecule has 0 aromatic carbocycles. The Balaban J connectivity index is 2.45. The highest BCUT2D eigenvalue weighted by atomic mass is 32.1. The predicted octanol–water partition coefficient (Wildman–Crippen LogP) is 0.550. The minimum atomic E-state index is 0.468. The van der Waals surface area contributed by atoms with E-state index in [1.807, 2.05) is 0 Å². The summed E-state index contributed by atoms with van der Waals surface area (Å²) in [6, 6.07) is 0. The van der Waals surface area contributed by atoms with Crippen molar-refractivity contribution < 1.29 is 0 Å². The van der Waals surface area contributed by atoms with Crippen molar-refractivity contribution in [1.82, 2.24) is 25.1 Å². The molecule has 2 aromatic heterocycles. The molecule has 0 bridgehead atoms. The van der Waals surface area contributed by atoms with Gasteiger partial charge < -0.3 is 4.98 Å². The molecule has 6 heteroatoms. The van der Waals surface area contributed by atoms with E-state index < -0.39 is 0 Å². The number of hydrogen-bond donors (Lipinski definition) is 2. The van der Waals surface area contributed by atoms with Gasteiger partial charge in [-0.05, 0) is 0 Å². The molecule has 0 aliphatic rings. The van der Waals surface area contributed by atoms with Crippen LogP contribution in [0.25, 0.3) is 11.5 Å². The second-order valence-corrected chi connectivity index (χ2v) is 2.51. The van der Waals surface area contributed by atoms with Crippen LogP contribution >= 0.6 is 12.6 Å². The minimum absolute atomic E-state index is 0.468. The monoisotopic (exact) mass is 179 g/mol. The first-order valence-electron chi connectivity index (χ1n) is 3.24. The van der Waals surface area contributed by atoms with Gasteiger partial charge in [0, 0.05) is 12.4 Å². The molecule has 0 unspecified atom stereocenters. The van der Waals surface area contributed by atoms with E-state index in [4.69, 9.17) is 0 Å². The highest BCUT2D eigenvalue weighted by molar-refractivity contribution is 7.80. The van der Waals surface area contributed by atoms with E-state index in [0.717, 1.165) is 0 Å². The normalized spacial score (nSPS) is 10.1. The summed E-state index contributed by atoms with van der Waals surface area (Å²) in [5, 5.41) is 7.95. The van der Waals surface area contributed by atoms with E-state index in [2.05, 4.69) is 37.8 Å². The maximum atomic E-state index is 4.03. The van der Waals surface area contributed by atoms with Gasteiger partial charge in [0.2, 0.25) is 0 Å². The Kier molecular flexibility index (Phi) is 1.75. The molecule has 2 rings (SSSR count). The zero-order valence-corrected chi connectivity index (χ0v) is 6.86. The molecule has 0 atom stereocenters. The van der Waals surface area contributed by atoms with Crippen molar-refractivity contribution in [2.24, 2.45) is 0 Å². The Morgan fingerprint density at radius 1 is 1.25 bits per heavy atom. The van der Waals surface area contributed by atoms with E-state index in [1.165, 1.54) is 0 Å². The summed E-state index contributed by atoms with van der Waals surface area (Å²) in [5.41, 5.74) is 0.658. The van der Waals surface area contributed by atoms with E-state index in [-0.39, 0.29) is 0 Å². The summed E-state index contributed by atoms with van der Waals surface area (Å²) in [6.07, 6.45) is 4.80. The molecule has 0 aliphatic heterocycles. The van der Waals surface area contributed by atoms with E-state index in [9.17, 15) is 0 Å². The lowest BCUT2D eigenvalue weighted by Gasteiger charge is -1.90. The van der Waals surface area contributed by atoms with Crippen LogP contribution < -0.4 is 0 Å². The number of thiol groups is 1. The molecule has 1 N–H and O–H groups in total. The third-order valence-corrected chi connectivity index (χ3v) is 1.48. The quantitative estimate of drug-likeness (QED) is 0.627. The van der Waals surface area contributed by atoms with Crippen LogP contribution in [0.15, 0.2) is 23.7 Å². The van der Waals surface area contributed by atoms with Crippen LogP contribution in [0.5, 0.6) is 0 Å². The Morgan fingerprint density at radius 2 is 2.17 bits per heavy atom. The predicted molar refractivity (Wildman–Crippen MR) is 44.7 cm³/mol. The van der Waals surface area contributed by atoms with Crippen LogP contribution in [0, 0.1) is 0 Å². The summed E-state index contributed by atoms with van der Waals surface area (Å²) >= 11 is 3.98. The highest BCUT2D eigenvalue weighted by Gasteiger charge is 2.02. The van der Waals surface area contributed by atoms with Crippen LogP contribution in [0.3, 0.4) is 0 Å². The summed E-state index contributed by atoms with van der Waals surface area (Å²) < 4.78 is 0. The van der Waals surface area contributed by atoms with Gasteiger partial charge >= 0.3 is 0 Å². The fourth-order valence-corrected chi connectivity index (χ4v) is 0.941. The molecule has 2 aromatic rings. The van der Waals surface area contributed by atoms with Gasteiger partial charge in [-0.25, -0.2) is 4.98 Å². The summed E-state index contributed by atoms with van der Waals surface area (Å²) in [4.78, 5) is 10.8. The van der Waals surface area contributed by atoms with Gasteiger partial charge in [-0.15, -0.1) is 22.8 Å². The van der Waals surface area contributed by atoms with E-state index in [1.54, 1.807) is 18.6 Å². The van der Waals surface area contributed by atoms with Crippen molar-refractivity contribution in [3.63, 3.8) is 0 Å². The standard InChI is InChI=1S/C6H5N5S/c12-6-9-5(10-11-6)4-3-7-1-2-8-4/h1-3H,(H2,9,10,11,12). The maximum absolute atomic E-state index is 4.03. The Bertz CT molecular complexity index is 370. The van der Waals surface area contributed by atoms with Gasteiger partial charge in [0.1, 0.15) is 5.69 Å². The summed E-state index contributed by atoms with van der Waals surface area (Å²) in [7, 11) is 0. The molecule has 0 aliphatic carbocycles. The lowest BCUT2D eigenvalue weighted by Crippen LogP contribution is -1.85. The van der Waals surface area contributed by atoms with Crippen molar-refractivity contribution >= 4 is 12.6 Å². The molecular formula is C6H5N5S. The fourth-order valence-electron chi connectivity index (χ4n) is 0.790. The molecule has 5 nitrogen and oxygen atoms in total. The minimum Gasteiger partial charge on any atom is -0.315 e. The van der Waals surface area contributed by atoms with E-state index >= 15 is 0 Å². The Hall–Kier alpha value is -1.43. The molecular weight excluding hydrogens is 174 g/mol. The number of H-pyrrole nitrogens is 1. The molecule has 60 valence electrons. The van der Waals surface area contributed by atoms with Crippen molar-refractivity contribution in [2.75, 3.05) is 0 Å². The van der Waals surface area contributed by atoms with Crippen molar-refractivity contribution in [3.05, 3.63) is 18.6 Å². The average molecular weight is 179 g/mol. The molecule has 0 radical (unpaired) electrons. The molecule has 0 amide bonds. The van der Waals surface area contributed by atoms with Crippen LogP contribution in [0.4, 0.5) is 0 Å². The molecule has 0 spiro atoms. The SMILES string of the molecule is Sc1nnc(-c2cnccn2)[nH]1. The van der Waals surface area contributed by atoms with Gasteiger partial charge in [-0.1, -0.05) is 0 Å². The molecule has 12 heavy (non-hydrogen) atoms. The first kappa shape index (κ1) is 7.23. The summed E-state index contributed by atoms with van der Waals surface area (Å²) in [5.74, 6) is 0.577. The van der Waals surface area contributed by atoms with E-state index in [0.29, 0.717) is 16.7 Å². The molecule has 0 saturated carbocycles. The number of rotatable bonds is 1. The zero-order chi connectivity index (χ0) is 8.39. The molecule has 0 saturated heterocycles. The van der Waals surface area contributed by atoms with Crippen molar-refractivity contribution in [1.29, 1.82) is 0 Å². The smallest absolute Gasteiger partial charge is 0.185 e. The maximum Gasteiger partial charge on any atom is 0.185 e. The largest absolute Gasteiger partial charge is 0.315 e. The number of nitrogens with one attached hydrogen (secondary N) is 1. The van der Waals surface area contributed by atoms with Crippen LogP contribution in [-0.4, -0.2) is 25.1 Å². The van der Waals surface area contributed by atoms with Crippen LogP contribution in [-0.2, 0) is 0 Å². The average Bonchev–Trinajstić information content (AvgIpc) is 2.54. The fraction of sp³-hybridized carbons (Fsp3) is 0. The number of hydrogen-bond acceptors (Lipinski definition) is 5. The number of nitrogens with zero attached hydrogens (tertiary/aromatic N) is 4. The third-order valence-electron chi connectivity index (χ3n) is 1.28. The third kappa shape index (κ3) is 1.28. The Labute approximate surface area is 73.7 Å². The second kappa shape index (κ2) is 2.90. The molecule has 0 fully saturated rings. The van der Waals surface area contributed by atoms with Crippen LogP contribution in [0.1, 0.15) is 0 Å². The van der Waals surface area contributed by atoms with Crippen molar-refractivity contribution in [2.45, 2.75) is 5.16 Å². The van der Waals surface area contributed by atoms with Crippen molar-refractivity contribution in [3.8, 4) is 11.5 Å². The first-order valence-corrected chi connectivity index (χ1v) is 3.69. The highest BCUT2D eigenvalue weighted by Crippen LogP contribution is 2.09. The van der Waals surface area contributed by atoms with Gasteiger partial charge in [-0.2, -0.15) is 0 Å². The first-order chi connectivity index (χ1) is 5.86. The number of aromatic nitrogens is 5. The lowest BCUT2D eigenvalue weighted by molar-refractivity contribution is 0.979. The topological polar surface area (TPSA) is 67.3 Å². The summed E-state index contributed by atoms with van der Waals surface area (Å²) in [6.45, 7) is 0. The zero-order valence-electron chi connectivity index (χ0n) is 5.97. The van der Waals surface area contributed by atoms with Gasteiger partial charge in [0.25, 0.3) is 0 Å². The van der Waals surface area contributed by atoms with Gasteiger partial charge in [-0.3, -0.25) is 4.98 Å². The molecule has 2 heterocycles. The lowest BCUT2D eigenvalue weighted by atomic mass is 10.4. The Morgan fingerprint density at radius 3 is 2.75 bits per heavy atom. The second-order valence-electron chi connectivity index (χ2n) is 2.09. The van der Waals surface area contributed by atoms with Gasteiger partial charge in [0.05, 0.1) is 6.20 Å². The van der Waals surface area contributed by atoms with Gasteiger partial charge in [0.15, 0.2) is 11.0 Å².